The van der Waals surface area contributed by atoms with Gasteiger partial charge in [-0.1, -0.05) is 159 Å². The molecule has 0 N–H and O–H groups in total. The van der Waals surface area contributed by atoms with E-state index in [4.69, 9.17) is 0 Å². The Balaban J connectivity index is 1.15. The molecule has 0 aliphatic heterocycles. The minimum Gasteiger partial charge on any atom is -0.298 e. The van der Waals surface area contributed by atoms with Crippen LogP contribution in [0, 0.1) is 0 Å². The van der Waals surface area contributed by atoms with Gasteiger partial charge in [-0.05, 0) is 73.8 Å². The van der Waals surface area contributed by atoms with Crippen LogP contribution in [0.15, 0.2) is 146 Å². The first-order chi connectivity index (χ1) is 21.5. The average Bonchev–Trinajstić information content (AvgIpc) is 3.48. The zero-order chi connectivity index (χ0) is 29.9. The average molecular weight is 568 g/mol. The molecule has 0 spiro atoms. The molecule has 2 aliphatic rings. The second-order valence-electron chi connectivity index (χ2n) is 13.1. The van der Waals surface area contributed by atoms with E-state index in [9.17, 15) is 0 Å². The van der Waals surface area contributed by atoms with Gasteiger partial charge in [-0.3, -0.25) is 4.90 Å². The van der Waals surface area contributed by atoms with Crippen LogP contribution in [0.5, 0.6) is 0 Å². The lowest BCUT2D eigenvalue weighted by Crippen LogP contribution is -2.29. The monoisotopic (exact) mass is 567 g/mol. The first kappa shape index (κ1) is 26.9. The Hall–Kier alpha value is -4.72. The van der Waals surface area contributed by atoms with E-state index in [1.807, 2.05) is 0 Å². The lowest BCUT2D eigenvalue weighted by molar-refractivity contribution is 0.319. The second-order valence-corrected chi connectivity index (χ2v) is 13.1. The van der Waals surface area contributed by atoms with Gasteiger partial charge in [0.2, 0.25) is 0 Å². The first-order valence-corrected chi connectivity index (χ1v) is 15.7. The Morgan fingerprint density at radius 1 is 0.432 bits per heavy atom. The summed E-state index contributed by atoms with van der Waals surface area (Å²) in [5.74, 6) is 0. The molecule has 0 atom stereocenters. The van der Waals surface area contributed by atoms with Gasteiger partial charge in [0.15, 0.2) is 0 Å². The molecule has 0 aromatic heterocycles. The predicted octanol–water partition coefficient (Wildman–Crippen LogP) is 9.99. The fraction of sp³-hybridized carbons (Fsp3) is 0.163. The van der Waals surface area contributed by atoms with Crippen molar-refractivity contribution in [2.45, 2.75) is 37.8 Å². The molecule has 0 unspecified atom stereocenters. The van der Waals surface area contributed by atoms with Gasteiger partial charge < -0.3 is 0 Å². The maximum atomic E-state index is 2.45. The lowest BCUT2D eigenvalue weighted by Gasteiger charge is -2.34. The fourth-order valence-corrected chi connectivity index (χ4v) is 8.14. The van der Waals surface area contributed by atoms with Crippen LogP contribution in [-0.4, -0.2) is 11.9 Å². The van der Waals surface area contributed by atoms with Gasteiger partial charge in [-0.25, -0.2) is 0 Å². The predicted molar refractivity (Wildman–Crippen MR) is 183 cm³/mol. The third-order valence-corrected chi connectivity index (χ3v) is 10.1. The molecule has 0 saturated carbocycles. The van der Waals surface area contributed by atoms with Crippen molar-refractivity contribution in [3.8, 4) is 22.3 Å². The van der Waals surface area contributed by atoms with E-state index in [2.05, 4.69) is 171 Å². The van der Waals surface area contributed by atoms with Gasteiger partial charge in [0.25, 0.3) is 0 Å². The second kappa shape index (κ2) is 10.2. The number of nitrogens with zero attached hydrogens (tertiary/aromatic N) is 1. The molecule has 2 aliphatic carbocycles. The van der Waals surface area contributed by atoms with Gasteiger partial charge >= 0.3 is 0 Å². The summed E-state index contributed by atoms with van der Waals surface area (Å²) in [5.41, 5.74) is 16.0. The van der Waals surface area contributed by atoms with E-state index in [-0.39, 0.29) is 10.8 Å². The molecule has 1 nitrogen and oxygen atoms in total. The van der Waals surface area contributed by atoms with Gasteiger partial charge in [-0.2, -0.15) is 0 Å². The van der Waals surface area contributed by atoms with Crippen molar-refractivity contribution in [3.63, 3.8) is 0 Å². The van der Waals surface area contributed by atoms with Crippen LogP contribution in [0.25, 0.3) is 22.3 Å². The highest BCUT2D eigenvalue weighted by Gasteiger charge is 2.45. The van der Waals surface area contributed by atoms with Gasteiger partial charge in [-0.15, -0.1) is 0 Å². The summed E-state index contributed by atoms with van der Waals surface area (Å²) in [6.07, 6.45) is 0. The Bertz CT molecular complexity index is 1970. The number of rotatable bonds is 6. The highest BCUT2D eigenvalue weighted by Crippen LogP contribution is 2.56. The van der Waals surface area contributed by atoms with Crippen LogP contribution in [0.4, 0.5) is 0 Å². The van der Waals surface area contributed by atoms with Gasteiger partial charge in [0.05, 0.1) is 5.41 Å². The molecule has 0 amide bonds. The van der Waals surface area contributed by atoms with Crippen LogP contribution in [0.2, 0.25) is 0 Å². The highest BCUT2D eigenvalue weighted by atomic mass is 15.1. The summed E-state index contributed by atoms with van der Waals surface area (Å²) >= 11 is 0. The lowest BCUT2D eigenvalue weighted by atomic mass is 9.67. The maximum absolute atomic E-state index is 2.45. The van der Waals surface area contributed by atoms with Crippen molar-refractivity contribution in [2.24, 2.45) is 0 Å². The summed E-state index contributed by atoms with van der Waals surface area (Å²) in [6, 6.07) is 54.3. The molecule has 0 saturated heterocycles. The molecule has 0 bridgehead atoms. The number of hydrogen-bond donors (Lipinski definition) is 0. The van der Waals surface area contributed by atoms with Crippen LogP contribution in [-0.2, 0) is 23.9 Å². The molecule has 0 heterocycles. The molecule has 214 valence electrons. The third kappa shape index (κ3) is 3.96. The van der Waals surface area contributed by atoms with E-state index >= 15 is 0 Å². The number of benzene rings is 6. The van der Waals surface area contributed by atoms with Gasteiger partial charge in [0, 0.05) is 18.5 Å². The smallest absolute Gasteiger partial charge is 0.0713 e. The van der Waals surface area contributed by atoms with E-state index < -0.39 is 0 Å². The summed E-state index contributed by atoms with van der Waals surface area (Å²) < 4.78 is 0. The molecule has 1 heteroatoms. The fourth-order valence-electron chi connectivity index (χ4n) is 8.14. The summed E-state index contributed by atoms with van der Waals surface area (Å²) in [6.45, 7) is 6.50. The van der Waals surface area contributed by atoms with Gasteiger partial charge in [0.1, 0.15) is 0 Å². The molecule has 44 heavy (non-hydrogen) atoms. The van der Waals surface area contributed by atoms with Crippen LogP contribution >= 0.6 is 0 Å². The maximum Gasteiger partial charge on any atom is 0.0713 e. The Morgan fingerprint density at radius 2 is 0.932 bits per heavy atom. The van der Waals surface area contributed by atoms with E-state index in [0.29, 0.717) is 0 Å². The third-order valence-electron chi connectivity index (χ3n) is 10.1. The molecular formula is C43H37N. The van der Waals surface area contributed by atoms with E-state index in [0.717, 1.165) is 13.1 Å². The first-order valence-electron chi connectivity index (χ1n) is 15.7. The Kier molecular flexibility index (Phi) is 6.22. The van der Waals surface area contributed by atoms with Crippen LogP contribution < -0.4 is 0 Å². The minimum absolute atomic E-state index is 0.0223. The molecular weight excluding hydrogens is 530 g/mol. The number of fused-ring (bicyclic) bond motifs is 6. The Labute approximate surface area is 261 Å². The van der Waals surface area contributed by atoms with Crippen molar-refractivity contribution in [1.29, 1.82) is 0 Å². The standard InChI is InChI=1S/C43H37N/c1-42(2)38-21-10-7-18-34(38)37-25-24-31(27-41(37)42)29-44(3)28-30-14-13-17-33(26-30)43(32-15-5-4-6-16-32)39-22-11-8-19-35(39)36-20-9-12-23-40(36)43/h4-27H,28-29H2,1-3H3. The topological polar surface area (TPSA) is 3.24 Å². The molecule has 8 rings (SSSR count). The highest BCUT2D eigenvalue weighted by molar-refractivity contribution is 5.86. The van der Waals surface area contributed by atoms with Crippen LogP contribution in [0.3, 0.4) is 0 Å². The van der Waals surface area contributed by atoms with Crippen molar-refractivity contribution < 1.29 is 0 Å². The Morgan fingerprint density at radius 3 is 1.59 bits per heavy atom. The molecule has 0 radical (unpaired) electrons. The summed E-state index contributed by atoms with van der Waals surface area (Å²) in [4.78, 5) is 2.45. The van der Waals surface area contributed by atoms with Crippen molar-refractivity contribution >= 4 is 0 Å². The van der Waals surface area contributed by atoms with E-state index in [1.54, 1.807) is 0 Å². The summed E-state index contributed by atoms with van der Waals surface area (Å²) in [5, 5.41) is 0. The minimum atomic E-state index is -0.358. The van der Waals surface area contributed by atoms with Crippen LogP contribution in [0.1, 0.15) is 58.4 Å². The normalized spacial score (nSPS) is 15.0. The van der Waals surface area contributed by atoms with Crippen molar-refractivity contribution in [2.75, 3.05) is 7.05 Å². The van der Waals surface area contributed by atoms with Crippen molar-refractivity contribution in [1.82, 2.24) is 4.90 Å². The largest absolute Gasteiger partial charge is 0.298 e. The zero-order valence-corrected chi connectivity index (χ0v) is 25.7. The zero-order valence-electron chi connectivity index (χ0n) is 25.7. The van der Waals surface area contributed by atoms with E-state index in [1.165, 1.54) is 66.8 Å². The molecule has 0 fully saturated rings. The molecule has 6 aromatic carbocycles. The quantitative estimate of drug-likeness (QED) is 0.193. The SMILES string of the molecule is CN(Cc1cccc(C2(c3ccccc3)c3ccccc3-c3ccccc32)c1)Cc1ccc2c(c1)C(C)(C)c1ccccc1-2. The van der Waals surface area contributed by atoms with Crippen molar-refractivity contribution in [3.05, 3.63) is 190 Å². The summed E-state index contributed by atoms with van der Waals surface area (Å²) in [7, 11) is 2.24. The molecule has 6 aromatic rings. The number of hydrogen-bond acceptors (Lipinski definition) is 1.